The maximum Gasteiger partial charge on any atom is 0.312 e. The van der Waals surface area contributed by atoms with Gasteiger partial charge in [0.05, 0.1) is 38.0 Å². The predicted molar refractivity (Wildman–Crippen MR) is 83.7 cm³/mol. The van der Waals surface area contributed by atoms with Crippen molar-refractivity contribution < 1.29 is 23.5 Å². The lowest BCUT2D eigenvalue weighted by atomic mass is 9.77. The van der Waals surface area contributed by atoms with E-state index >= 15 is 0 Å². The second-order valence-electron chi connectivity index (χ2n) is 6.69. The van der Waals surface area contributed by atoms with Gasteiger partial charge < -0.3 is 18.8 Å². The van der Waals surface area contributed by atoms with Crippen LogP contribution in [0.3, 0.4) is 0 Å². The van der Waals surface area contributed by atoms with E-state index in [-0.39, 0.29) is 18.0 Å². The second-order valence-corrected chi connectivity index (χ2v) is 6.69. The van der Waals surface area contributed by atoms with Crippen LogP contribution in [-0.4, -0.2) is 41.6 Å². The molecule has 3 aliphatic heterocycles. The number of furan rings is 1. The van der Waals surface area contributed by atoms with Crippen LogP contribution in [0.15, 0.2) is 35.0 Å². The van der Waals surface area contributed by atoms with Gasteiger partial charge in [-0.15, -0.1) is 0 Å². The molecule has 1 aromatic rings. The fraction of sp³-hybridized carbons (Fsp3) is 0.556. The molecule has 3 aliphatic rings. The normalized spacial score (nSPS) is 33.3. The summed E-state index contributed by atoms with van der Waals surface area (Å²) >= 11 is 0. The van der Waals surface area contributed by atoms with E-state index in [4.69, 9.17) is 13.9 Å². The van der Waals surface area contributed by atoms with E-state index in [1.807, 2.05) is 25.1 Å². The van der Waals surface area contributed by atoms with Gasteiger partial charge in [0.25, 0.3) is 0 Å². The largest absolute Gasteiger partial charge is 0.467 e. The number of likely N-dealkylation sites (tertiary alicyclic amines) is 1. The summed E-state index contributed by atoms with van der Waals surface area (Å²) in [6.45, 7) is 3.28. The molecule has 1 aromatic heterocycles. The summed E-state index contributed by atoms with van der Waals surface area (Å²) < 4.78 is 16.7. The van der Waals surface area contributed by atoms with Crippen molar-refractivity contribution in [3.05, 3.63) is 36.3 Å². The molecule has 0 radical (unpaired) electrons. The van der Waals surface area contributed by atoms with Crippen LogP contribution in [0.1, 0.15) is 25.5 Å². The van der Waals surface area contributed by atoms with Crippen molar-refractivity contribution in [1.29, 1.82) is 0 Å². The Morgan fingerprint density at radius 1 is 1.50 bits per heavy atom. The summed E-state index contributed by atoms with van der Waals surface area (Å²) in [6.07, 6.45) is 6.86. The molecule has 0 saturated carbocycles. The molecular weight excluding hydrogens is 310 g/mol. The van der Waals surface area contributed by atoms with Crippen LogP contribution in [0.2, 0.25) is 0 Å². The molecule has 2 bridgehead atoms. The number of nitrogens with zero attached hydrogens (tertiary/aromatic N) is 1. The Morgan fingerprint density at radius 2 is 2.38 bits per heavy atom. The number of fused-ring (bicyclic) bond motifs is 1. The molecule has 6 heteroatoms. The van der Waals surface area contributed by atoms with E-state index in [0.717, 1.165) is 18.6 Å². The zero-order valence-electron chi connectivity index (χ0n) is 13.6. The SMILES string of the molecule is CCCCOC(=O)C1C2C=CC3(CN(Cc4ccco4)C(=O)C13)O2. The number of esters is 1. The maximum absolute atomic E-state index is 12.9. The van der Waals surface area contributed by atoms with Crippen LogP contribution in [0, 0.1) is 11.8 Å². The molecule has 0 N–H and O–H groups in total. The third kappa shape index (κ3) is 2.28. The van der Waals surface area contributed by atoms with Crippen molar-refractivity contribution in [2.75, 3.05) is 13.2 Å². The first-order valence-corrected chi connectivity index (χ1v) is 8.49. The van der Waals surface area contributed by atoms with Crippen LogP contribution in [0.4, 0.5) is 0 Å². The summed E-state index contributed by atoms with van der Waals surface area (Å²) in [5, 5.41) is 0. The van der Waals surface area contributed by atoms with Gasteiger partial charge in [-0.1, -0.05) is 25.5 Å². The summed E-state index contributed by atoms with van der Waals surface area (Å²) in [5.41, 5.74) is -0.692. The molecule has 4 rings (SSSR count). The van der Waals surface area contributed by atoms with Gasteiger partial charge in [0.2, 0.25) is 5.91 Å². The van der Waals surface area contributed by atoms with E-state index in [1.165, 1.54) is 0 Å². The number of ether oxygens (including phenoxy) is 2. The van der Waals surface area contributed by atoms with Gasteiger partial charge in [-0.2, -0.15) is 0 Å². The highest BCUT2D eigenvalue weighted by Crippen LogP contribution is 2.52. The fourth-order valence-corrected chi connectivity index (χ4v) is 3.99. The number of carbonyl (C=O) groups is 2. The van der Waals surface area contributed by atoms with Gasteiger partial charge >= 0.3 is 5.97 Å². The van der Waals surface area contributed by atoms with E-state index in [2.05, 4.69) is 0 Å². The highest BCUT2D eigenvalue weighted by atomic mass is 16.6. The summed E-state index contributed by atoms with van der Waals surface area (Å²) in [6, 6.07) is 3.63. The molecule has 1 spiro atoms. The zero-order valence-corrected chi connectivity index (χ0v) is 13.6. The first kappa shape index (κ1) is 15.4. The first-order valence-electron chi connectivity index (χ1n) is 8.49. The number of rotatable bonds is 6. The van der Waals surface area contributed by atoms with E-state index in [9.17, 15) is 9.59 Å². The molecule has 128 valence electrons. The Kier molecular flexibility index (Phi) is 3.72. The van der Waals surface area contributed by atoms with Gasteiger partial charge in [0.1, 0.15) is 17.3 Å². The van der Waals surface area contributed by atoms with Crippen LogP contribution in [0.25, 0.3) is 0 Å². The number of unbranched alkanes of at least 4 members (excludes halogenated alkanes) is 1. The van der Waals surface area contributed by atoms with Gasteiger partial charge in [-0.25, -0.2) is 0 Å². The number of carbonyl (C=O) groups excluding carboxylic acids is 2. The standard InChI is InChI=1S/C18H21NO5/c1-2-3-8-23-17(21)14-13-6-7-18(24-13)11-19(16(20)15(14)18)10-12-5-4-9-22-12/h4-7,9,13-15H,2-3,8,10-11H2,1H3. The molecule has 4 heterocycles. The number of amides is 1. The molecule has 24 heavy (non-hydrogen) atoms. The third-order valence-electron chi connectivity index (χ3n) is 5.12. The van der Waals surface area contributed by atoms with E-state index in [0.29, 0.717) is 19.7 Å². The van der Waals surface area contributed by atoms with Gasteiger partial charge in [-0.3, -0.25) is 9.59 Å². The van der Waals surface area contributed by atoms with Gasteiger partial charge in [0.15, 0.2) is 0 Å². The molecule has 2 fully saturated rings. The summed E-state index contributed by atoms with van der Waals surface area (Å²) in [4.78, 5) is 27.1. The van der Waals surface area contributed by atoms with Crippen molar-refractivity contribution in [1.82, 2.24) is 4.90 Å². The van der Waals surface area contributed by atoms with Crippen molar-refractivity contribution in [3.63, 3.8) is 0 Å². The van der Waals surface area contributed by atoms with Crippen molar-refractivity contribution in [2.45, 2.75) is 38.0 Å². The van der Waals surface area contributed by atoms with E-state index < -0.39 is 17.4 Å². The highest BCUT2D eigenvalue weighted by Gasteiger charge is 2.67. The Hall–Kier alpha value is -2.08. The van der Waals surface area contributed by atoms with Crippen LogP contribution < -0.4 is 0 Å². The predicted octanol–water partition coefficient (Wildman–Crippen LogP) is 1.90. The quantitative estimate of drug-likeness (QED) is 0.452. The van der Waals surface area contributed by atoms with Crippen LogP contribution >= 0.6 is 0 Å². The topological polar surface area (TPSA) is 69.0 Å². The van der Waals surface area contributed by atoms with Crippen molar-refractivity contribution in [3.8, 4) is 0 Å². The molecule has 0 aromatic carbocycles. The van der Waals surface area contributed by atoms with Crippen LogP contribution in [-0.2, 0) is 25.6 Å². The Balaban J connectivity index is 1.52. The maximum atomic E-state index is 12.9. The molecule has 4 atom stereocenters. The highest BCUT2D eigenvalue weighted by molar-refractivity contribution is 5.91. The lowest BCUT2D eigenvalue weighted by molar-refractivity contribution is -0.154. The second kappa shape index (κ2) is 5.77. The average molecular weight is 331 g/mol. The molecular formula is C18H21NO5. The molecule has 4 unspecified atom stereocenters. The van der Waals surface area contributed by atoms with E-state index in [1.54, 1.807) is 17.2 Å². The number of hydrogen-bond acceptors (Lipinski definition) is 5. The Morgan fingerprint density at radius 3 is 3.12 bits per heavy atom. The Bertz CT molecular complexity index is 667. The lowest BCUT2D eigenvalue weighted by Crippen LogP contribution is -2.40. The molecule has 0 aliphatic carbocycles. The Labute approximate surface area is 140 Å². The minimum absolute atomic E-state index is 0.0595. The average Bonchev–Trinajstić information content (AvgIpc) is 3.31. The fourth-order valence-electron chi connectivity index (χ4n) is 3.99. The zero-order chi connectivity index (χ0) is 16.7. The molecule has 1 amide bonds. The minimum atomic E-state index is -0.692. The van der Waals surface area contributed by atoms with Gasteiger partial charge in [-0.05, 0) is 18.6 Å². The smallest absolute Gasteiger partial charge is 0.312 e. The first-order chi connectivity index (χ1) is 11.6. The van der Waals surface area contributed by atoms with Gasteiger partial charge in [0, 0.05) is 0 Å². The van der Waals surface area contributed by atoms with Crippen LogP contribution in [0.5, 0.6) is 0 Å². The third-order valence-corrected chi connectivity index (χ3v) is 5.12. The molecule has 6 nitrogen and oxygen atoms in total. The number of hydrogen-bond donors (Lipinski definition) is 0. The summed E-state index contributed by atoms with van der Waals surface area (Å²) in [7, 11) is 0. The minimum Gasteiger partial charge on any atom is -0.467 e. The summed E-state index contributed by atoms with van der Waals surface area (Å²) in [5.74, 6) is -0.688. The monoisotopic (exact) mass is 331 g/mol. The van der Waals surface area contributed by atoms with Crippen molar-refractivity contribution in [2.24, 2.45) is 11.8 Å². The van der Waals surface area contributed by atoms with Crippen molar-refractivity contribution >= 4 is 11.9 Å². The lowest BCUT2D eigenvalue weighted by Gasteiger charge is -2.22. The molecule has 2 saturated heterocycles.